The lowest BCUT2D eigenvalue weighted by atomic mass is 10.3. The van der Waals surface area contributed by atoms with Gasteiger partial charge in [-0.3, -0.25) is 20.2 Å². The van der Waals surface area contributed by atoms with Crippen LogP contribution in [0.5, 0.6) is 0 Å². The zero-order chi connectivity index (χ0) is 11.3. The van der Waals surface area contributed by atoms with Crippen molar-refractivity contribution < 1.29 is 24.1 Å². The van der Waals surface area contributed by atoms with Crippen molar-refractivity contribution in [1.82, 2.24) is 0 Å². The maximum atomic E-state index is 12.2. The lowest BCUT2D eigenvalue weighted by molar-refractivity contribution is -0.741. The number of carbonyl (C=O) groups is 1. The summed E-state index contributed by atoms with van der Waals surface area (Å²) in [7, 11) is 0. The van der Waals surface area contributed by atoms with Crippen LogP contribution >= 0.6 is 0 Å². The van der Waals surface area contributed by atoms with Crippen molar-refractivity contribution >= 4 is 5.97 Å². The van der Waals surface area contributed by atoms with Crippen molar-refractivity contribution in [3.05, 3.63) is 32.1 Å². The van der Waals surface area contributed by atoms with Gasteiger partial charge in [0.25, 0.3) is 0 Å². The molecule has 0 fully saturated rings. The fourth-order valence-electron chi connectivity index (χ4n) is 0.545. The van der Waals surface area contributed by atoms with Crippen molar-refractivity contribution in [2.45, 2.75) is 12.6 Å². The summed E-state index contributed by atoms with van der Waals surface area (Å²) in [6.07, 6.45) is -2.84. The molecule has 0 unspecified atom stereocenters. The van der Waals surface area contributed by atoms with Gasteiger partial charge in [-0.1, -0.05) is 0 Å². The summed E-state index contributed by atoms with van der Waals surface area (Å²) in [5.74, 6) is -3.57. The van der Waals surface area contributed by atoms with Crippen LogP contribution in [-0.4, -0.2) is 27.1 Å². The van der Waals surface area contributed by atoms with Crippen LogP contribution in [0.3, 0.4) is 0 Å². The van der Waals surface area contributed by atoms with Gasteiger partial charge in [0.05, 0.1) is 9.85 Å². The predicted octanol–water partition coefficient (Wildman–Crippen LogP) is 0.194. The number of halogens is 1. The Morgan fingerprint density at radius 2 is 1.86 bits per heavy atom. The van der Waals surface area contributed by atoms with E-state index >= 15 is 0 Å². The lowest BCUT2D eigenvalue weighted by Crippen LogP contribution is -2.28. The molecule has 0 aromatic rings. The van der Waals surface area contributed by atoms with Gasteiger partial charge in [-0.25, -0.2) is 4.79 Å². The van der Waals surface area contributed by atoms with E-state index in [1.54, 1.807) is 0 Å². The molecule has 0 amide bonds. The van der Waals surface area contributed by atoms with Crippen LogP contribution in [0.15, 0.2) is 11.9 Å². The molecule has 0 saturated heterocycles. The first-order valence-electron chi connectivity index (χ1n) is 3.22. The topological polar surface area (TPSA) is 124 Å². The third-order valence-corrected chi connectivity index (χ3v) is 1.20. The second kappa shape index (κ2) is 4.84. The minimum atomic E-state index is -2.22. The van der Waals surface area contributed by atoms with Crippen molar-refractivity contribution in [3.63, 3.8) is 0 Å². The fraction of sp³-hybridized carbons (Fsp3) is 0.400. The normalized spacial score (nSPS) is 11.4. The van der Waals surface area contributed by atoms with E-state index in [9.17, 15) is 29.4 Å². The molecule has 0 aromatic carbocycles. The number of hydrogen-bond acceptors (Lipinski definition) is 5. The highest BCUT2D eigenvalue weighted by molar-refractivity contribution is 5.83. The molecular formula is C5H5FN2O6. The average Bonchev–Trinajstić information content (AvgIpc) is 2.02. The highest BCUT2D eigenvalue weighted by Crippen LogP contribution is 2.04. The Labute approximate surface area is 75.9 Å². The van der Waals surface area contributed by atoms with E-state index in [-0.39, 0.29) is 0 Å². The molecular weight excluding hydrogens is 203 g/mol. The molecule has 14 heavy (non-hydrogen) atoms. The van der Waals surface area contributed by atoms with Gasteiger partial charge in [-0.05, 0) is 6.08 Å². The van der Waals surface area contributed by atoms with E-state index in [1.165, 1.54) is 0 Å². The third kappa shape index (κ3) is 3.56. The van der Waals surface area contributed by atoms with Gasteiger partial charge in [-0.15, -0.1) is 0 Å². The fourth-order valence-corrected chi connectivity index (χ4v) is 0.545. The van der Waals surface area contributed by atoms with Crippen LogP contribution in [0.2, 0.25) is 0 Å². The Morgan fingerprint density at radius 3 is 2.14 bits per heavy atom. The number of carboxylic acid groups (broad SMARTS) is 1. The van der Waals surface area contributed by atoms with Crippen LogP contribution in [0.25, 0.3) is 0 Å². The van der Waals surface area contributed by atoms with Gasteiger partial charge in [0.2, 0.25) is 5.83 Å². The van der Waals surface area contributed by atoms with Gasteiger partial charge in [0, 0.05) is 0 Å². The first-order chi connectivity index (χ1) is 6.36. The quantitative estimate of drug-likeness (QED) is 0.297. The number of hydrogen-bond donors (Lipinski definition) is 1. The van der Waals surface area contributed by atoms with E-state index in [0.717, 1.165) is 0 Å². The van der Waals surface area contributed by atoms with Crippen LogP contribution in [0, 0.1) is 20.2 Å². The summed E-state index contributed by atoms with van der Waals surface area (Å²) in [6, 6.07) is 0. The molecule has 0 aromatic heterocycles. The van der Waals surface area contributed by atoms with Crippen molar-refractivity contribution in [2.24, 2.45) is 0 Å². The molecule has 9 heteroatoms. The first kappa shape index (κ1) is 11.9. The van der Waals surface area contributed by atoms with Gasteiger partial charge in [0.15, 0.2) is 0 Å². The maximum Gasteiger partial charge on any atom is 0.454 e. The van der Waals surface area contributed by atoms with E-state index in [2.05, 4.69) is 0 Å². The molecule has 0 bridgehead atoms. The number of nitro groups is 2. The minimum Gasteiger partial charge on any atom is -0.476 e. The Morgan fingerprint density at radius 1 is 1.43 bits per heavy atom. The molecule has 0 atom stereocenters. The molecule has 0 saturated carbocycles. The van der Waals surface area contributed by atoms with Crippen LogP contribution in [0.1, 0.15) is 6.42 Å². The van der Waals surface area contributed by atoms with Crippen molar-refractivity contribution in [1.29, 1.82) is 0 Å². The SMILES string of the molecule is O=C(O)C(F)=CCC([N+](=O)[O-])[N+](=O)[O-]. The molecule has 78 valence electrons. The number of carboxylic acids is 1. The second-order valence-corrected chi connectivity index (χ2v) is 2.14. The molecule has 0 spiro atoms. The van der Waals surface area contributed by atoms with Crippen molar-refractivity contribution in [3.8, 4) is 0 Å². The van der Waals surface area contributed by atoms with E-state index in [0.29, 0.717) is 6.08 Å². The summed E-state index contributed by atoms with van der Waals surface area (Å²) >= 11 is 0. The molecule has 1 N–H and O–H groups in total. The van der Waals surface area contributed by atoms with E-state index in [4.69, 9.17) is 5.11 Å². The Balaban J connectivity index is 4.48. The number of nitrogens with zero attached hydrogens (tertiary/aromatic N) is 2. The standard InChI is InChI=1S/C5H5FN2O6/c6-3(5(9)10)1-2-4(7(11)12)8(13)14/h1,4H,2H2,(H,9,10). The molecule has 0 aliphatic rings. The molecule has 0 aliphatic carbocycles. The Bertz CT molecular complexity index is 287. The highest BCUT2D eigenvalue weighted by atomic mass is 19.1. The van der Waals surface area contributed by atoms with Gasteiger partial charge >= 0.3 is 12.1 Å². The summed E-state index contributed by atoms with van der Waals surface area (Å²) in [6.45, 7) is 0. The van der Waals surface area contributed by atoms with Crippen LogP contribution < -0.4 is 0 Å². The molecule has 8 nitrogen and oxygen atoms in total. The Kier molecular flexibility index (Phi) is 4.13. The van der Waals surface area contributed by atoms with Gasteiger partial charge in [-0.2, -0.15) is 4.39 Å². The molecule has 0 aliphatic heterocycles. The van der Waals surface area contributed by atoms with E-state index < -0.39 is 34.2 Å². The monoisotopic (exact) mass is 208 g/mol. The minimum absolute atomic E-state index is 0.290. The van der Waals surface area contributed by atoms with Crippen molar-refractivity contribution in [2.75, 3.05) is 0 Å². The molecule has 0 heterocycles. The van der Waals surface area contributed by atoms with Crippen LogP contribution in [0.4, 0.5) is 4.39 Å². The third-order valence-electron chi connectivity index (χ3n) is 1.20. The zero-order valence-electron chi connectivity index (χ0n) is 6.62. The van der Waals surface area contributed by atoms with Gasteiger partial charge < -0.3 is 5.11 Å². The smallest absolute Gasteiger partial charge is 0.454 e. The Hall–Kier alpha value is -2.06. The summed E-state index contributed by atoms with van der Waals surface area (Å²) < 4.78 is 12.2. The summed E-state index contributed by atoms with van der Waals surface area (Å²) in [5, 5.41) is 28.0. The van der Waals surface area contributed by atoms with Crippen LogP contribution in [-0.2, 0) is 4.79 Å². The summed E-state index contributed by atoms with van der Waals surface area (Å²) in [4.78, 5) is 27.4. The highest BCUT2D eigenvalue weighted by Gasteiger charge is 2.31. The predicted molar refractivity (Wildman–Crippen MR) is 39.2 cm³/mol. The largest absolute Gasteiger partial charge is 0.476 e. The number of aliphatic carboxylic acids is 1. The van der Waals surface area contributed by atoms with E-state index in [1.807, 2.05) is 0 Å². The average molecular weight is 208 g/mol. The second-order valence-electron chi connectivity index (χ2n) is 2.14. The maximum absolute atomic E-state index is 12.2. The zero-order valence-corrected chi connectivity index (χ0v) is 6.62. The summed E-state index contributed by atoms with van der Waals surface area (Å²) in [5.41, 5.74) is 0. The molecule has 0 rings (SSSR count). The molecule has 0 radical (unpaired) electrons. The first-order valence-corrected chi connectivity index (χ1v) is 3.22. The van der Waals surface area contributed by atoms with Gasteiger partial charge in [0.1, 0.15) is 6.42 Å². The number of rotatable bonds is 5. The lowest BCUT2D eigenvalue weighted by Gasteiger charge is -1.97.